The molecule has 2 aromatic rings. The largest absolute Gasteiger partial charge is 0.342 e. The van der Waals surface area contributed by atoms with Crippen LogP contribution in [0, 0.1) is 12.8 Å². The first-order chi connectivity index (χ1) is 12.2. The van der Waals surface area contributed by atoms with E-state index >= 15 is 0 Å². The van der Waals surface area contributed by atoms with Crippen LogP contribution in [0.3, 0.4) is 0 Å². The van der Waals surface area contributed by atoms with Gasteiger partial charge in [-0.05, 0) is 50.3 Å². The van der Waals surface area contributed by atoms with Gasteiger partial charge >= 0.3 is 0 Å². The fourth-order valence-corrected chi connectivity index (χ4v) is 3.50. The maximum atomic E-state index is 12.4. The number of hydrogen-bond donors (Lipinski definition) is 1. The van der Waals surface area contributed by atoms with Gasteiger partial charge < -0.3 is 10.2 Å². The zero-order valence-electron chi connectivity index (χ0n) is 14.6. The summed E-state index contributed by atoms with van der Waals surface area (Å²) < 4.78 is 0. The standard InChI is InChI=1S/C20H24N4O/c1-14-5-2-3-7-17(14)22-20-21-11-10-18(23-20)16-6-4-12-24(13-16)19(25)15-8-9-15/h2-3,5,7,10-11,15-16H,4,6,8-9,12-13H2,1H3,(H,21,22,23). The molecule has 1 atom stereocenters. The minimum absolute atomic E-state index is 0.294. The van der Waals surface area contributed by atoms with Crippen LogP contribution < -0.4 is 5.32 Å². The number of piperidine rings is 1. The zero-order chi connectivity index (χ0) is 17.2. The predicted octanol–water partition coefficient (Wildman–Crippen LogP) is 3.64. The summed E-state index contributed by atoms with van der Waals surface area (Å²) >= 11 is 0. The van der Waals surface area contributed by atoms with Crippen LogP contribution in [0.2, 0.25) is 0 Å². The van der Waals surface area contributed by atoms with E-state index in [1.807, 2.05) is 35.4 Å². The van der Waals surface area contributed by atoms with Gasteiger partial charge in [-0.2, -0.15) is 0 Å². The van der Waals surface area contributed by atoms with Crippen molar-refractivity contribution in [3.8, 4) is 0 Å². The molecule has 5 heteroatoms. The Morgan fingerprint density at radius 3 is 2.84 bits per heavy atom. The molecule has 1 aromatic heterocycles. The molecular formula is C20H24N4O. The lowest BCUT2D eigenvalue weighted by Gasteiger charge is -2.32. The van der Waals surface area contributed by atoms with E-state index < -0.39 is 0 Å². The van der Waals surface area contributed by atoms with E-state index in [4.69, 9.17) is 4.98 Å². The van der Waals surface area contributed by atoms with Gasteiger partial charge in [0.2, 0.25) is 11.9 Å². The third-order valence-corrected chi connectivity index (χ3v) is 5.15. The van der Waals surface area contributed by atoms with Gasteiger partial charge in [0, 0.05) is 36.8 Å². The van der Waals surface area contributed by atoms with Crippen molar-refractivity contribution < 1.29 is 4.79 Å². The van der Waals surface area contributed by atoms with Crippen LogP contribution in [0.5, 0.6) is 0 Å². The number of nitrogens with one attached hydrogen (secondary N) is 1. The van der Waals surface area contributed by atoms with Crippen molar-refractivity contribution in [1.29, 1.82) is 0 Å². The highest BCUT2D eigenvalue weighted by Gasteiger charge is 2.35. The fourth-order valence-electron chi connectivity index (χ4n) is 3.50. The summed E-state index contributed by atoms with van der Waals surface area (Å²) in [7, 11) is 0. The topological polar surface area (TPSA) is 58.1 Å². The first-order valence-corrected chi connectivity index (χ1v) is 9.15. The summed E-state index contributed by atoms with van der Waals surface area (Å²) in [4.78, 5) is 23.5. The molecule has 2 aliphatic rings. The second-order valence-electron chi connectivity index (χ2n) is 7.14. The number of para-hydroxylation sites is 1. The first kappa shape index (κ1) is 16.1. The van der Waals surface area contributed by atoms with E-state index in [0.717, 1.165) is 55.7 Å². The van der Waals surface area contributed by atoms with Gasteiger partial charge in [-0.25, -0.2) is 9.97 Å². The molecule has 0 spiro atoms. The molecule has 5 nitrogen and oxygen atoms in total. The van der Waals surface area contributed by atoms with E-state index in [0.29, 0.717) is 23.7 Å². The number of aryl methyl sites for hydroxylation is 1. The summed E-state index contributed by atoms with van der Waals surface area (Å²) in [6, 6.07) is 10.1. The van der Waals surface area contributed by atoms with Crippen molar-refractivity contribution >= 4 is 17.5 Å². The Bertz CT molecular complexity index is 772. The molecule has 25 heavy (non-hydrogen) atoms. The Hall–Kier alpha value is -2.43. The number of carbonyl (C=O) groups excluding carboxylic acids is 1. The van der Waals surface area contributed by atoms with Crippen molar-refractivity contribution in [2.75, 3.05) is 18.4 Å². The molecule has 1 aliphatic heterocycles. The number of likely N-dealkylation sites (tertiary alicyclic amines) is 1. The Morgan fingerprint density at radius 1 is 1.20 bits per heavy atom. The predicted molar refractivity (Wildman–Crippen MR) is 97.8 cm³/mol. The second-order valence-corrected chi connectivity index (χ2v) is 7.14. The quantitative estimate of drug-likeness (QED) is 0.926. The van der Waals surface area contributed by atoms with Crippen LogP contribution in [-0.4, -0.2) is 33.9 Å². The summed E-state index contributed by atoms with van der Waals surface area (Å²) in [5.74, 6) is 1.56. The highest BCUT2D eigenvalue weighted by molar-refractivity contribution is 5.81. The molecule has 2 heterocycles. The van der Waals surface area contributed by atoms with Crippen LogP contribution in [0.4, 0.5) is 11.6 Å². The van der Waals surface area contributed by atoms with Crippen molar-refractivity contribution in [2.45, 2.75) is 38.5 Å². The molecule has 130 valence electrons. The van der Waals surface area contributed by atoms with Crippen molar-refractivity contribution in [3.63, 3.8) is 0 Å². The van der Waals surface area contributed by atoms with Crippen LogP contribution in [0.1, 0.15) is 42.9 Å². The maximum absolute atomic E-state index is 12.4. The van der Waals surface area contributed by atoms with Crippen molar-refractivity contribution in [3.05, 3.63) is 47.8 Å². The summed E-state index contributed by atoms with van der Waals surface area (Å²) in [6.45, 7) is 3.75. The molecule has 4 rings (SSSR count). The van der Waals surface area contributed by atoms with Crippen molar-refractivity contribution in [1.82, 2.24) is 14.9 Å². The smallest absolute Gasteiger partial charge is 0.227 e. The van der Waals surface area contributed by atoms with E-state index in [1.54, 1.807) is 0 Å². The molecule has 1 unspecified atom stereocenters. The minimum atomic E-state index is 0.294. The molecule has 2 fully saturated rings. The highest BCUT2D eigenvalue weighted by Crippen LogP contribution is 2.34. The van der Waals surface area contributed by atoms with Gasteiger partial charge in [-0.15, -0.1) is 0 Å². The fraction of sp³-hybridized carbons (Fsp3) is 0.450. The summed E-state index contributed by atoms with van der Waals surface area (Å²) in [5.41, 5.74) is 3.21. The molecular weight excluding hydrogens is 312 g/mol. The number of carbonyl (C=O) groups is 1. The molecule has 1 aromatic carbocycles. The summed E-state index contributed by atoms with van der Waals surface area (Å²) in [6.07, 6.45) is 6.07. The molecule has 1 saturated heterocycles. The number of aromatic nitrogens is 2. The third kappa shape index (κ3) is 3.65. The summed E-state index contributed by atoms with van der Waals surface area (Å²) in [5, 5.41) is 3.31. The molecule has 1 N–H and O–H groups in total. The van der Waals surface area contributed by atoms with Crippen molar-refractivity contribution in [2.24, 2.45) is 5.92 Å². The number of hydrogen-bond acceptors (Lipinski definition) is 4. The van der Waals surface area contributed by atoms with E-state index in [1.165, 1.54) is 0 Å². The SMILES string of the molecule is Cc1ccccc1Nc1nccc(C2CCCN(C(=O)C3CC3)C2)n1. The molecule has 0 radical (unpaired) electrons. The van der Waals surface area contributed by atoms with Gasteiger partial charge in [0.1, 0.15) is 0 Å². The monoisotopic (exact) mass is 336 g/mol. The van der Waals surface area contributed by atoms with E-state index in [-0.39, 0.29) is 0 Å². The normalized spacial score (nSPS) is 20.4. The van der Waals surface area contributed by atoms with Gasteiger partial charge in [0.25, 0.3) is 0 Å². The lowest BCUT2D eigenvalue weighted by atomic mass is 9.94. The average Bonchev–Trinajstić information content (AvgIpc) is 3.49. The van der Waals surface area contributed by atoms with Crippen LogP contribution in [-0.2, 0) is 4.79 Å². The Balaban J connectivity index is 1.49. The number of amides is 1. The second kappa shape index (κ2) is 6.82. The lowest BCUT2D eigenvalue weighted by molar-refractivity contribution is -0.133. The first-order valence-electron chi connectivity index (χ1n) is 9.15. The number of anilines is 2. The highest BCUT2D eigenvalue weighted by atomic mass is 16.2. The Labute approximate surface area is 148 Å². The minimum Gasteiger partial charge on any atom is -0.342 e. The average molecular weight is 336 g/mol. The molecule has 0 bridgehead atoms. The van der Waals surface area contributed by atoms with Gasteiger partial charge in [-0.3, -0.25) is 4.79 Å². The molecule has 1 aliphatic carbocycles. The van der Waals surface area contributed by atoms with Gasteiger partial charge in [0.15, 0.2) is 0 Å². The number of benzene rings is 1. The Morgan fingerprint density at radius 2 is 2.04 bits per heavy atom. The van der Waals surface area contributed by atoms with Gasteiger partial charge in [0.05, 0.1) is 5.69 Å². The molecule has 1 saturated carbocycles. The third-order valence-electron chi connectivity index (χ3n) is 5.15. The van der Waals surface area contributed by atoms with E-state index in [2.05, 4.69) is 23.3 Å². The van der Waals surface area contributed by atoms with Crippen LogP contribution in [0.25, 0.3) is 0 Å². The Kier molecular flexibility index (Phi) is 4.38. The number of nitrogens with zero attached hydrogens (tertiary/aromatic N) is 3. The lowest BCUT2D eigenvalue weighted by Crippen LogP contribution is -2.40. The van der Waals surface area contributed by atoms with Gasteiger partial charge in [-0.1, -0.05) is 18.2 Å². The van der Waals surface area contributed by atoms with Crippen LogP contribution >= 0.6 is 0 Å². The molecule has 1 amide bonds. The number of rotatable bonds is 4. The van der Waals surface area contributed by atoms with E-state index in [9.17, 15) is 4.79 Å². The zero-order valence-corrected chi connectivity index (χ0v) is 14.6. The van der Waals surface area contributed by atoms with Crippen LogP contribution in [0.15, 0.2) is 36.5 Å². The maximum Gasteiger partial charge on any atom is 0.227 e.